The van der Waals surface area contributed by atoms with E-state index in [0.29, 0.717) is 17.9 Å². The lowest BCUT2D eigenvalue weighted by Crippen LogP contribution is -2.09. The summed E-state index contributed by atoms with van der Waals surface area (Å²) >= 11 is 0. The number of unbranched alkanes of at least 4 members (excludes halogenated alkanes) is 1. The third-order valence-corrected chi connectivity index (χ3v) is 5.90. The average Bonchev–Trinajstić information content (AvgIpc) is 3.48. The topological polar surface area (TPSA) is 112 Å². The van der Waals surface area contributed by atoms with Crippen LogP contribution in [0.3, 0.4) is 0 Å². The first-order chi connectivity index (χ1) is 17.1. The van der Waals surface area contributed by atoms with Gasteiger partial charge in [0.2, 0.25) is 5.82 Å². The number of rotatable bonds is 9. The Balaban J connectivity index is 1.35. The molecule has 0 saturated carbocycles. The third kappa shape index (κ3) is 4.79. The average molecular weight is 468 g/mol. The van der Waals surface area contributed by atoms with Crippen molar-refractivity contribution in [1.82, 2.24) is 34.7 Å². The van der Waals surface area contributed by atoms with Gasteiger partial charge in [0.15, 0.2) is 5.65 Å². The van der Waals surface area contributed by atoms with E-state index in [9.17, 15) is 9.90 Å². The van der Waals surface area contributed by atoms with E-state index in [-0.39, 0.29) is 12.1 Å². The summed E-state index contributed by atoms with van der Waals surface area (Å²) in [5.74, 6) is 0.564. The molecular formula is C26H25N7O2. The Morgan fingerprint density at radius 3 is 2.63 bits per heavy atom. The molecule has 0 aliphatic rings. The van der Waals surface area contributed by atoms with Crippen LogP contribution in [0.4, 0.5) is 0 Å². The molecule has 9 nitrogen and oxygen atoms in total. The van der Waals surface area contributed by atoms with E-state index in [1.807, 2.05) is 36.4 Å². The predicted molar refractivity (Wildman–Crippen MR) is 131 cm³/mol. The highest BCUT2D eigenvalue weighted by molar-refractivity contribution is 5.89. The molecule has 35 heavy (non-hydrogen) atoms. The number of tetrazole rings is 1. The van der Waals surface area contributed by atoms with Gasteiger partial charge in [0, 0.05) is 18.2 Å². The predicted octanol–water partition coefficient (Wildman–Crippen LogP) is 4.22. The van der Waals surface area contributed by atoms with Crippen molar-refractivity contribution in [2.75, 3.05) is 0 Å². The van der Waals surface area contributed by atoms with Crippen molar-refractivity contribution in [1.29, 1.82) is 0 Å². The summed E-state index contributed by atoms with van der Waals surface area (Å²) in [6.45, 7) is 3.09. The monoisotopic (exact) mass is 467 g/mol. The number of hydrogen-bond donors (Lipinski definition) is 1. The van der Waals surface area contributed by atoms with E-state index in [0.717, 1.165) is 47.4 Å². The molecule has 3 heterocycles. The summed E-state index contributed by atoms with van der Waals surface area (Å²) < 4.78 is 2.19. The van der Waals surface area contributed by atoms with Crippen molar-refractivity contribution in [2.24, 2.45) is 0 Å². The van der Waals surface area contributed by atoms with Crippen molar-refractivity contribution in [3.8, 4) is 11.4 Å². The van der Waals surface area contributed by atoms with Crippen LogP contribution in [0.25, 0.3) is 22.6 Å². The summed E-state index contributed by atoms with van der Waals surface area (Å²) in [5.41, 5.74) is 4.63. The maximum Gasteiger partial charge on any atom is 0.336 e. The van der Waals surface area contributed by atoms with Crippen LogP contribution >= 0.6 is 0 Å². The number of nitrogens with zero attached hydrogens (tertiary/aromatic N) is 7. The molecule has 0 unspecified atom stereocenters. The first-order valence-electron chi connectivity index (χ1n) is 11.6. The highest BCUT2D eigenvalue weighted by Crippen LogP contribution is 2.20. The van der Waals surface area contributed by atoms with Crippen LogP contribution in [0.5, 0.6) is 0 Å². The molecule has 9 heteroatoms. The Labute approximate surface area is 202 Å². The molecule has 0 amide bonds. The number of aromatic nitrogens is 7. The Morgan fingerprint density at radius 2 is 1.83 bits per heavy atom. The molecule has 2 aromatic carbocycles. The molecule has 1 N–H and O–H groups in total. The lowest BCUT2D eigenvalue weighted by Gasteiger charge is -2.09. The van der Waals surface area contributed by atoms with Gasteiger partial charge in [-0.1, -0.05) is 55.8 Å². The van der Waals surface area contributed by atoms with Crippen molar-refractivity contribution >= 4 is 17.1 Å². The SMILES string of the molecule is CCCCc1nc2cccnc2n1Cc1ccc(-c2nnn(Cc3ccccc3C(=O)O)n2)cc1. The fourth-order valence-electron chi connectivity index (χ4n) is 4.08. The van der Waals surface area contributed by atoms with E-state index in [2.05, 4.69) is 31.9 Å². The maximum atomic E-state index is 11.5. The summed E-state index contributed by atoms with van der Waals surface area (Å²) in [4.78, 5) is 22.2. The highest BCUT2D eigenvalue weighted by Gasteiger charge is 2.14. The van der Waals surface area contributed by atoms with Crippen LogP contribution in [0.1, 0.15) is 47.1 Å². The Kier molecular flexibility index (Phi) is 6.30. The first kappa shape index (κ1) is 22.4. The Hall–Kier alpha value is -4.40. The Bertz CT molecular complexity index is 1470. The zero-order valence-corrected chi connectivity index (χ0v) is 19.4. The molecule has 0 saturated heterocycles. The van der Waals surface area contributed by atoms with Crippen molar-refractivity contribution in [3.05, 3.63) is 89.4 Å². The van der Waals surface area contributed by atoms with Crippen molar-refractivity contribution in [2.45, 2.75) is 39.3 Å². The van der Waals surface area contributed by atoms with E-state index >= 15 is 0 Å². The highest BCUT2D eigenvalue weighted by atomic mass is 16.4. The number of carbonyl (C=O) groups is 1. The van der Waals surface area contributed by atoms with Gasteiger partial charge in [-0.05, 0) is 41.0 Å². The minimum absolute atomic E-state index is 0.231. The van der Waals surface area contributed by atoms with E-state index in [1.54, 1.807) is 30.5 Å². The second-order valence-corrected chi connectivity index (χ2v) is 8.37. The number of aromatic carboxylic acids is 1. The molecule has 0 aliphatic carbocycles. The number of benzene rings is 2. The molecule has 0 fully saturated rings. The summed E-state index contributed by atoms with van der Waals surface area (Å²) in [5, 5.41) is 22.1. The standard InChI is InChI=1S/C26H25N7O2/c1-2-3-10-23-28-22-9-6-15-27-25(22)32(23)16-18-11-13-19(14-12-18)24-29-31-33(30-24)17-20-7-4-5-8-21(20)26(34)35/h4-9,11-15H,2-3,10,16-17H2,1H3,(H,34,35). The smallest absolute Gasteiger partial charge is 0.336 e. The zero-order chi connectivity index (χ0) is 24.2. The molecule has 3 aromatic heterocycles. The van der Waals surface area contributed by atoms with Crippen LogP contribution < -0.4 is 0 Å². The number of fused-ring (bicyclic) bond motifs is 1. The molecule has 0 aliphatic heterocycles. The zero-order valence-electron chi connectivity index (χ0n) is 19.4. The van der Waals surface area contributed by atoms with Crippen LogP contribution in [0, 0.1) is 0 Å². The second kappa shape index (κ2) is 9.84. The summed E-state index contributed by atoms with van der Waals surface area (Å²) in [6.07, 6.45) is 4.92. The van der Waals surface area contributed by atoms with Gasteiger partial charge >= 0.3 is 5.97 Å². The van der Waals surface area contributed by atoms with Crippen molar-refractivity contribution < 1.29 is 9.90 Å². The quantitative estimate of drug-likeness (QED) is 0.345. The Morgan fingerprint density at radius 1 is 1.00 bits per heavy atom. The van der Waals surface area contributed by atoms with E-state index in [4.69, 9.17) is 4.98 Å². The van der Waals surface area contributed by atoms with Gasteiger partial charge in [0.25, 0.3) is 0 Å². The lowest BCUT2D eigenvalue weighted by atomic mass is 10.1. The van der Waals surface area contributed by atoms with Crippen LogP contribution in [0.2, 0.25) is 0 Å². The molecule has 0 radical (unpaired) electrons. The van der Waals surface area contributed by atoms with E-state index < -0.39 is 5.97 Å². The normalized spacial score (nSPS) is 11.2. The van der Waals surface area contributed by atoms with Gasteiger partial charge in [0.1, 0.15) is 11.3 Å². The second-order valence-electron chi connectivity index (χ2n) is 8.37. The fraction of sp³-hybridized carbons (Fsp3) is 0.231. The van der Waals surface area contributed by atoms with Gasteiger partial charge in [-0.25, -0.2) is 14.8 Å². The largest absolute Gasteiger partial charge is 0.478 e. The number of carboxylic acids is 1. The number of hydrogen-bond acceptors (Lipinski definition) is 6. The minimum atomic E-state index is -0.977. The molecule has 0 bridgehead atoms. The van der Waals surface area contributed by atoms with Gasteiger partial charge in [-0.15, -0.1) is 10.2 Å². The van der Waals surface area contributed by atoms with Crippen molar-refractivity contribution in [3.63, 3.8) is 0 Å². The molecular weight excluding hydrogens is 442 g/mol. The maximum absolute atomic E-state index is 11.5. The molecule has 5 rings (SSSR count). The number of aryl methyl sites for hydroxylation is 1. The molecule has 0 spiro atoms. The van der Waals surface area contributed by atoms with Gasteiger partial charge in [0.05, 0.1) is 18.7 Å². The number of pyridine rings is 1. The van der Waals surface area contributed by atoms with Crippen LogP contribution in [0.15, 0.2) is 66.9 Å². The van der Waals surface area contributed by atoms with Crippen LogP contribution in [-0.2, 0) is 19.5 Å². The first-order valence-corrected chi connectivity index (χ1v) is 11.6. The lowest BCUT2D eigenvalue weighted by molar-refractivity contribution is 0.0695. The van der Waals surface area contributed by atoms with E-state index in [1.165, 1.54) is 4.80 Å². The summed E-state index contributed by atoms with van der Waals surface area (Å²) in [6, 6.07) is 18.8. The minimum Gasteiger partial charge on any atom is -0.478 e. The number of imidazole rings is 1. The molecule has 0 atom stereocenters. The summed E-state index contributed by atoms with van der Waals surface area (Å²) in [7, 11) is 0. The fourth-order valence-corrected chi connectivity index (χ4v) is 4.08. The van der Waals surface area contributed by atoms with Gasteiger partial charge in [-0.2, -0.15) is 4.80 Å². The third-order valence-electron chi connectivity index (χ3n) is 5.90. The van der Waals surface area contributed by atoms with Crippen LogP contribution in [-0.4, -0.2) is 45.8 Å². The number of carboxylic acid groups (broad SMARTS) is 1. The van der Waals surface area contributed by atoms with Gasteiger partial charge < -0.3 is 9.67 Å². The molecule has 5 aromatic rings. The molecule has 176 valence electrons. The van der Waals surface area contributed by atoms with Gasteiger partial charge in [-0.3, -0.25) is 0 Å².